The third kappa shape index (κ3) is 1.95. The number of rotatable bonds is 1. The minimum Gasteiger partial charge on any atom is -0.398 e. The van der Waals surface area contributed by atoms with Crippen LogP contribution in [0.2, 0.25) is 0 Å². The number of nitrogens with two attached hydrogens (primary N) is 1. The standard InChI is InChI=1S/C8H7BrN2/c9-7-1-2-8(11)6(5-7)3-4-10/h1-2,5H,3,11H2. The van der Waals surface area contributed by atoms with E-state index in [1.54, 1.807) is 6.07 Å². The molecule has 0 aliphatic heterocycles. The van der Waals surface area contributed by atoms with E-state index < -0.39 is 0 Å². The van der Waals surface area contributed by atoms with Crippen LogP contribution >= 0.6 is 15.9 Å². The largest absolute Gasteiger partial charge is 0.398 e. The van der Waals surface area contributed by atoms with Crippen molar-refractivity contribution in [1.82, 2.24) is 0 Å². The summed E-state index contributed by atoms with van der Waals surface area (Å²) in [5.74, 6) is 0. The Morgan fingerprint density at radius 1 is 1.55 bits per heavy atom. The highest BCUT2D eigenvalue weighted by atomic mass is 79.9. The van der Waals surface area contributed by atoms with Crippen LogP contribution in [0.1, 0.15) is 5.56 Å². The molecule has 2 N–H and O–H groups in total. The zero-order valence-corrected chi connectivity index (χ0v) is 7.43. The van der Waals surface area contributed by atoms with Crippen molar-refractivity contribution in [2.45, 2.75) is 6.42 Å². The van der Waals surface area contributed by atoms with Crippen LogP contribution in [0.4, 0.5) is 5.69 Å². The van der Waals surface area contributed by atoms with Gasteiger partial charge in [0.1, 0.15) is 0 Å². The van der Waals surface area contributed by atoms with Crippen molar-refractivity contribution < 1.29 is 0 Å². The molecule has 0 radical (unpaired) electrons. The van der Waals surface area contributed by atoms with Gasteiger partial charge >= 0.3 is 0 Å². The number of hydrogen-bond acceptors (Lipinski definition) is 2. The zero-order chi connectivity index (χ0) is 8.27. The Morgan fingerprint density at radius 3 is 2.91 bits per heavy atom. The number of benzene rings is 1. The maximum Gasteiger partial charge on any atom is 0.0670 e. The molecule has 3 heteroatoms. The predicted octanol–water partition coefficient (Wildman–Crippen LogP) is 2.10. The molecule has 0 amide bonds. The zero-order valence-electron chi connectivity index (χ0n) is 5.84. The van der Waals surface area contributed by atoms with Crippen LogP contribution in [0, 0.1) is 11.3 Å². The molecule has 0 bridgehead atoms. The smallest absolute Gasteiger partial charge is 0.0670 e. The topological polar surface area (TPSA) is 49.8 Å². The van der Waals surface area contributed by atoms with Crippen molar-refractivity contribution in [1.29, 1.82) is 5.26 Å². The molecule has 1 aromatic rings. The molecule has 0 unspecified atom stereocenters. The quantitative estimate of drug-likeness (QED) is 0.723. The summed E-state index contributed by atoms with van der Waals surface area (Å²) in [7, 11) is 0. The number of hydrogen-bond donors (Lipinski definition) is 1. The molecular weight excluding hydrogens is 204 g/mol. The SMILES string of the molecule is N#CCc1cc(Br)ccc1N. The van der Waals surface area contributed by atoms with Crippen LogP contribution in [-0.2, 0) is 6.42 Å². The molecule has 0 heterocycles. The lowest BCUT2D eigenvalue weighted by atomic mass is 10.1. The number of nitrogen functional groups attached to an aromatic ring is 1. The molecule has 2 nitrogen and oxygen atoms in total. The lowest BCUT2D eigenvalue weighted by Crippen LogP contribution is -1.92. The van der Waals surface area contributed by atoms with E-state index in [9.17, 15) is 0 Å². The lowest BCUT2D eigenvalue weighted by Gasteiger charge is -2.00. The van der Waals surface area contributed by atoms with Gasteiger partial charge in [0.2, 0.25) is 0 Å². The van der Waals surface area contributed by atoms with Crippen LogP contribution in [0.25, 0.3) is 0 Å². The lowest BCUT2D eigenvalue weighted by molar-refractivity contribution is 1.26. The summed E-state index contributed by atoms with van der Waals surface area (Å²) >= 11 is 3.30. The first-order chi connectivity index (χ1) is 5.24. The van der Waals surface area contributed by atoms with E-state index in [-0.39, 0.29) is 0 Å². The average Bonchev–Trinajstić information content (AvgIpc) is 1.98. The van der Waals surface area contributed by atoms with Crippen molar-refractivity contribution in [3.8, 4) is 6.07 Å². The number of nitrogens with zero attached hydrogens (tertiary/aromatic N) is 1. The number of nitriles is 1. The van der Waals surface area contributed by atoms with E-state index in [1.165, 1.54) is 0 Å². The molecule has 0 aliphatic rings. The summed E-state index contributed by atoms with van der Waals surface area (Å²) in [5.41, 5.74) is 7.16. The Bertz CT molecular complexity index is 301. The summed E-state index contributed by atoms with van der Waals surface area (Å²) < 4.78 is 0.956. The third-order valence-electron chi connectivity index (χ3n) is 1.37. The van der Waals surface area contributed by atoms with Crippen LogP contribution in [-0.4, -0.2) is 0 Å². The van der Waals surface area contributed by atoms with Gasteiger partial charge in [0.25, 0.3) is 0 Å². The monoisotopic (exact) mass is 210 g/mol. The fraction of sp³-hybridized carbons (Fsp3) is 0.125. The van der Waals surface area contributed by atoms with Crippen LogP contribution in [0.3, 0.4) is 0 Å². The Labute approximate surface area is 73.8 Å². The van der Waals surface area contributed by atoms with E-state index in [1.807, 2.05) is 12.1 Å². The van der Waals surface area contributed by atoms with Gasteiger partial charge in [-0.2, -0.15) is 5.26 Å². The molecule has 0 aromatic heterocycles. The first-order valence-electron chi connectivity index (χ1n) is 3.15. The van der Waals surface area contributed by atoms with E-state index in [4.69, 9.17) is 11.0 Å². The van der Waals surface area contributed by atoms with Crippen molar-refractivity contribution >= 4 is 21.6 Å². The molecule has 0 saturated carbocycles. The first-order valence-corrected chi connectivity index (χ1v) is 3.94. The van der Waals surface area contributed by atoms with Gasteiger partial charge in [-0.1, -0.05) is 15.9 Å². The second-order valence-corrected chi connectivity index (χ2v) is 3.09. The van der Waals surface area contributed by atoms with Gasteiger partial charge < -0.3 is 5.73 Å². The maximum atomic E-state index is 8.41. The Balaban J connectivity index is 3.05. The number of halogens is 1. The summed E-state index contributed by atoms with van der Waals surface area (Å²) in [4.78, 5) is 0. The predicted molar refractivity (Wildman–Crippen MR) is 47.9 cm³/mol. The van der Waals surface area contributed by atoms with Gasteiger partial charge in [0.15, 0.2) is 0 Å². The third-order valence-corrected chi connectivity index (χ3v) is 1.87. The average molecular weight is 211 g/mol. The molecule has 0 spiro atoms. The van der Waals surface area contributed by atoms with Gasteiger partial charge in [-0.05, 0) is 23.8 Å². The van der Waals surface area contributed by atoms with Crippen LogP contribution in [0.15, 0.2) is 22.7 Å². The van der Waals surface area contributed by atoms with E-state index in [2.05, 4.69) is 22.0 Å². The maximum absolute atomic E-state index is 8.41. The normalized spacial score (nSPS) is 9.09. The number of anilines is 1. The minimum absolute atomic E-state index is 0.366. The van der Waals surface area contributed by atoms with E-state index in [0.717, 1.165) is 10.0 Å². The molecule has 0 saturated heterocycles. The van der Waals surface area contributed by atoms with Crippen molar-refractivity contribution in [3.63, 3.8) is 0 Å². The van der Waals surface area contributed by atoms with Crippen molar-refractivity contribution in [3.05, 3.63) is 28.2 Å². The van der Waals surface area contributed by atoms with Gasteiger partial charge in [-0.15, -0.1) is 0 Å². The molecule has 0 aliphatic carbocycles. The Kier molecular flexibility index (Phi) is 2.50. The summed E-state index contributed by atoms with van der Waals surface area (Å²) in [6.45, 7) is 0. The molecule has 56 valence electrons. The molecule has 1 aromatic carbocycles. The highest BCUT2D eigenvalue weighted by molar-refractivity contribution is 9.10. The highest BCUT2D eigenvalue weighted by Gasteiger charge is 1.97. The minimum atomic E-state index is 0.366. The van der Waals surface area contributed by atoms with Crippen molar-refractivity contribution in [2.75, 3.05) is 5.73 Å². The van der Waals surface area contributed by atoms with E-state index in [0.29, 0.717) is 12.1 Å². The molecule has 1 rings (SSSR count). The summed E-state index contributed by atoms with van der Waals surface area (Å²) in [5, 5.41) is 8.41. The second kappa shape index (κ2) is 3.40. The van der Waals surface area contributed by atoms with E-state index >= 15 is 0 Å². The molecule has 0 atom stereocenters. The molecular formula is C8H7BrN2. The molecule has 11 heavy (non-hydrogen) atoms. The molecule has 0 fully saturated rings. The van der Waals surface area contributed by atoms with Gasteiger partial charge in [-0.25, -0.2) is 0 Å². The highest BCUT2D eigenvalue weighted by Crippen LogP contribution is 2.18. The van der Waals surface area contributed by atoms with Crippen molar-refractivity contribution in [2.24, 2.45) is 0 Å². The fourth-order valence-electron chi connectivity index (χ4n) is 0.813. The van der Waals surface area contributed by atoms with Crippen LogP contribution < -0.4 is 5.73 Å². The van der Waals surface area contributed by atoms with Gasteiger partial charge in [-0.3, -0.25) is 0 Å². The Hall–Kier alpha value is -1.01. The van der Waals surface area contributed by atoms with Crippen LogP contribution in [0.5, 0.6) is 0 Å². The summed E-state index contributed by atoms with van der Waals surface area (Å²) in [6.07, 6.45) is 0.366. The summed E-state index contributed by atoms with van der Waals surface area (Å²) in [6, 6.07) is 7.56. The second-order valence-electron chi connectivity index (χ2n) is 2.18. The van der Waals surface area contributed by atoms with Gasteiger partial charge in [0, 0.05) is 10.2 Å². The Morgan fingerprint density at radius 2 is 2.27 bits per heavy atom. The first kappa shape index (κ1) is 8.09. The van der Waals surface area contributed by atoms with Gasteiger partial charge in [0.05, 0.1) is 12.5 Å². The fourth-order valence-corrected chi connectivity index (χ4v) is 1.22.